The van der Waals surface area contributed by atoms with Gasteiger partial charge in [0.1, 0.15) is 17.6 Å². The molecule has 7 heterocycles. The van der Waals surface area contributed by atoms with E-state index in [0.29, 0.717) is 61.0 Å². The van der Waals surface area contributed by atoms with Crippen molar-refractivity contribution in [3.63, 3.8) is 0 Å². The number of benzene rings is 3. The summed E-state index contributed by atoms with van der Waals surface area (Å²) < 4.78 is 8.60. The number of halogens is 1. The van der Waals surface area contributed by atoms with Crippen molar-refractivity contribution in [1.82, 2.24) is 29.6 Å². The molecule has 7 aliphatic rings. The quantitative estimate of drug-likeness (QED) is 0.161. The Kier molecular flexibility index (Phi) is 9.83. The Morgan fingerprint density at radius 3 is 2.47 bits per heavy atom. The first kappa shape index (κ1) is 39.8. The van der Waals surface area contributed by atoms with E-state index < -0.39 is 11.9 Å². The number of amides is 4. The van der Waals surface area contributed by atoms with Crippen molar-refractivity contribution in [2.45, 2.75) is 119 Å². The van der Waals surface area contributed by atoms with E-state index in [1.165, 1.54) is 17.5 Å². The van der Waals surface area contributed by atoms with E-state index in [4.69, 9.17) is 21.3 Å². The fourth-order valence-corrected chi connectivity index (χ4v) is 12.5. The number of carbonyl (C=O) groups is 4. The van der Waals surface area contributed by atoms with Crippen molar-refractivity contribution in [2.24, 2.45) is 0 Å². The van der Waals surface area contributed by atoms with Gasteiger partial charge < -0.3 is 19.4 Å². The molecule has 3 aromatic carbocycles. The van der Waals surface area contributed by atoms with Gasteiger partial charge in [0.05, 0.1) is 40.2 Å². The molecule has 62 heavy (non-hydrogen) atoms. The van der Waals surface area contributed by atoms with Crippen LogP contribution in [0.5, 0.6) is 5.75 Å². The van der Waals surface area contributed by atoms with E-state index in [2.05, 4.69) is 33.0 Å². The van der Waals surface area contributed by atoms with Crippen LogP contribution >= 0.6 is 11.6 Å². The summed E-state index contributed by atoms with van der Waals surface area (Å²) in [5, 5.41) is 3.33. The Morgan fingerprint density at radius 2 is 1.68 bits per heavy atom. The van der Waals surface area contributed by atoms with Crippen LogP contribution in [0.3, 0.4) is 0 Å². The highest BCUT2D eigenvalue weighted by Gasteiger charge is 2.49. The molecule has 1 N–H and O–H groups in total. The highest BCUT2D eigenvalue weighted by atomic mass is 35.5. The van der Waals surface area contributed by atoms with Gasteiger partial charge in [0.25, 0.3) is 11.5 Å². The Morgan fingerprint density at radius 1 is 0.887 bits per heavy atom. The van der Waals surface area contributed by atoms with E-state index in [1.54, 1.807) is 11.0 Å². The number of hydrogen-bond donors (Lipinski definition) is 1. The van der Waals surface area contributed by atoms with Crippen molar-refractivity contribution in [1.29, 1.82) is 0 Å². The van der Waals surface area contributed by atoms with Gasteiger partial charge in [-0.05, 0) is 119 Å². The molecule has 0 bridgehead atoms. The second-order valence-electron chi connectivity index (χ2n) is 19.0. The maximum absolute atomic E-state index is 13.4. The van der Waals surface area contributed by atoms with Gasteiger partial charge in [-0.1, -0.05) is 55.1 Å². The van der Waals surface area contributed by atoms with Crippen LogP contribution < -0.4 is 15.6 Å². The van der Waals surface area contributed by atoms with E-state index in [0.717, 1.165) is 118 Å². The fraction of sp³-hybridized carbons (Fsp3) is 0.510. The van der Waals surface area contributed by atoms with Crippen LogP contribution in [0.15, 0.2) is 53.3 Å². The number of aromatic nitrogens is 2. The molecular weight excluding hydrogens is 804 g/mol. The lowest BCUT2D eigenvalue weighted by Gasteiger charge is -2.38. The monoisotopic (exact) mass is 856 g/mol. The number of unbranched alkanes of at least 4 members (excludes halogenated alkanes) is 1. The lowest BCUT2D eigenvalue weighted by Crippen LogP contribution is -2.52. The highest BCUT2D eigenvalue weighted by molar-refractivity contribution is 6.35. The van der Waals surface area contributed by atoms with Crippen LogP contribution in [0.25, 0.3) is 16.6 Å². The Labute approximate surface area is 365 Å². The summed E-state index contributed by atoms with van der Waals surface area (Å²) >= 11 is 6.61. The lowest BCUT2D eigenvalue weighted by atomic mass is 9.69. The summed E-state index contributed by atoms with van der Waals surface area (Å²) in [7, 11) is 0. The molecule has 4 amide bonds. The van der Waals surface area contributed by atoms with Gasteiger partial charge in [0, 0.05) is 48.0 Å². The number of carbonyl (C=O) groups excluding carboxylic acids is 4. The predicted molar refractivity (Wildman–Crippen MR) is 234 cm³/mol. The molecule has 3 saturated heterocycles. The molecule has 0 radical (unpaired) electrons. The molecule has 12 nitrogen and oxygen atoms in total. The topological polar surface area (TPSA) is 134 Å². The van der Waals surface area contributed by atoms with E-state index in [1.807, 2.05) is 29.2 Å². The maximum atomic E-state index is 13.4. The molecule has 1 saturated carbocycles. The van der Waals surface area contributed by atoms with Gasteiger partial charge in [-0.15, -0.1) is 0 Å². The summed E-state index contributed by atoms with van der Waals surface area (Å²) in [5.41, 5.74) is 6.53. The van der Waals surface area contributed by atoms with Gasteiger partial charge in [0.2, 0.25) is 17.7 Å². The largest absolute Gasteiger partial charge is 0.492 e. The van der Waals surface area contributed by atoms with Gasteiger partial charge in [-0.25, -0.2) is 0 Å². The first-order valence-electron chi connectivity index (χ1n) is 22.9. The number of likely N-dealkylation sites (tertiary alicyclic amines) is 2. The number of piperidine rings is 3. The van der Waals surface area contributed by atoms with Crippen molar-refractivity contribution in [2.75, 3.05) is 39.3 Å². The zero-order valence-electron chi connectivity index (χ0n) is 35.2. The summed E-state index contributed by atoms with van der Waals surface area (Å²) in [6.45, 7) is 5.25. The molecule has 6 aliphatic heterocycles. The third kappa shape index (κ3) is 6.32. The second-order valence-corrected chi connectivity index (χ2v) is 19.4. The minimum atomic E-state index is -0.660. The summed E-state index contributed by atoms with van der Waals surface area (Å²) in [6.07, 6.45) is 12.3. The number of imide groups is 1. The molecular formula is C49H53ClN6O6. The lowest BCUT2D eigenvalue weighted by molar-refractivity contribution is -0.137. The summed E-state index contributed by atoms with van der Waals surface area (Å²) in [5.74, 6) is 1.42. The molecule has 4 fully saturated rings. The SMILES string of the molecule is O=C1CC[C@H](N2Cc3c(ccc4c3OCC43CCN(C(=O)CCCCN4CCC(c5ccc6c(c5)-n5c(nc(=O)c7c(Cl)cccc75)C65CCCCC5)CC4)CC3)C2=O)C(=O)N1. The van der Waals surface area contributed by atoms with Crippen LogP contribution in [-0.4, -0.2) is 93.3 Å². The minimum absolute atomic E-state index is 0.194. The minimum Gasteiger partial charge on any atom is -0.492 e. The molecule has 1 aliphatic carbocycles. The van der Waals surface area contributed by atoms with Gasteiger partial charge in [0.15, 0.2) is 0 Å². The molecule has 1 atom stereocenters. The van der Waals surface area contributed by atoms with Crippen LogP contribution in [0.4, 0.5) is 0 Å². The van der Waals surface area contributed by atoms with Crippen molar-refractivity contribution in [3.05, 3.63) is 97.5 Å². The Bertz CT molecular complexity index is 2600. The second kappa shape index (κ2) is 15.3. The van der Waals surface area contributed by atoms with Crippen LogP contribution in [0.1, 0.15) is 134 Å². The average molecular weight is 857 g/mol. The molecule has 11 rings (SSSR count). The zero-order valence-corrected chi connectivity index (χ0v) is 35.9. The smallest absolute Gasteiger partial charge is 0.282 e. The number of nitrogens with zero attached hydrogens (tertiary/aromatic N) is 5. The number of rotatable bonds is 7. The fourth-order valence-electron chi connectivity index (χ4n) is 12.3. The Balaban J connectivity index is 0.677. The van der Waals surface area contributed by atoms with Gasteiger partial charge >= 0.3 is 0 Å². The van der Waals surface area contributed by atoms with Gasteiger partial charge in [-0.3, -0.25) is 33.9 Å². The number of nitrogens with one attached hydrogen (secondary N) is 1. The molecule has 322 valence electrons. The Hall–Kier alpha value is -5.07. The number of ether oxygens (including phenoxy) is 1. The normalized spacial score (nSPS) is 22.8. The molecule has 0 unspecified atom stereocenters. The van der Waals surface area contributed by atoms with Crippen molar-refractivity contribution < 1.29 is 23.9 Å². The molecule has 2 spiro atoms. The third-order valence-corrected chi connectivity index (χ3v) is 16.1. The summed E-state index contributed by atoms with van der Waals surface area (Å²) in [6, 6.07) is 16.0. The highest BCUT2D eigenvalue weighted by Crippen LogP contribution is 2.53. The number of fused-ring (bicyclic) bond motifs is 11. The average Bonchev–Trinajstić information content (AvgIpc) is 3.90. The first-order chi connectivity index (χ1) is 30.1. The molecule has 1 aromatic heterocycles. The predicted octanol–water partition coefficient (Wildman–Crippen LogP) is 6.67. The zero-order chi connectivity index (χ0) is 42.3. The van der Waals surface area contributed by atoms with Crippen molar-refractivity contribution in [3.8, 4) is 11.4 Å². The third-order valence-electron chi connectivity index (χ3n) is 15.8. The van der Waals surface area contributed by atoms with Crippen LogP contribution in [-0.2, 0) is 31.8 Å². The summed E-state index contributed by atoms with van der Waals surface area (Å²) in [4.78, 5) is 75.4. The van der Waals surface area contributed by atoms with E-state index >= 15 is 0 Å². The first-order valence-corrected chi connectivity index (χ1v) is 23.3. The maximum Gasteiger partial charge on any atom is 0.282 e. The number of hydrogen-bond acceptors (Lipinski definition) is 8. The van der Waals surface area contributed by atoms with Gasteiger partial charge in [-0.2, -0.15) is 4.98 Å². The molecule has 4 aromatic rings. The van der Waals surface area contributed by atoms with Crippen molar-refractivity contribution >= 4 is 46.1 Å². The van der Waals surface area contributed by atoms with E-state index in [9.17, 15) is 24.0 Å². The van der Waals surface area contributed by atoms with E-state index in [-0.39, 0.29) is 40.5 Å². The van der Waals surface area contributed by atoms with Crippen LogP contribution in [0.2, 0.25) is 5.02 Å². The molecule has 13 heteroatoms. The van der Waals surface area contributed by atoms with Crippen LogP contribution in [0, 0.1) is 0 Å². The standard InChI is InChI=1S/C49H53ClN6O6/c50-36-7-6-8-37-42(36)45(60)52-47-49(18-3-1-4-19-49)34-12-10-31(27-39(34)56(37)47)30-16-23-53(24-17-30)22-5-2-9-41(58)54-25-20-48(21-26-54)29-62-43-33-28-55(38-14-15-40(57)51-44(38)59)46(61)32(33)11-13-35(43)48/h6-8,10-13,27,30,38H,1-5,9,14-26,28-29H2,(H,51,57,59)/t38-/m0/s1.